The number of hydrogen-bond donors (Lipinski definition) is 3. The minimum absolute atomic E-state index is 0.0361. The second kappa shape index (κ2) is 12.6. The smallest absolute Gasteiger partial charge is 0.235 e. The van der Waals surface area contributed by atoms with Gasteiger partial charge >= 0.3 is 0 Å². The number of nitrogen functional groups attached to an aromatic ring is 1. The molecule has 6 N–H and O–H groups in total. The van der Waals surface area contributed by atoms with Crippen LogP contribution in [0, 0.1) is 0 Å². The first-order valence-corrected chi connectivity index (χ1v) is 15.4. The van der Waals surface area contributed by atoms with E-state index in [-0.39, 0.29) is 35.0 Å². The number of amides is 1. The quantitative estimate of drug-likeness (QED) is 0.149. The van der Waals surface area contributed by atoms with E-state index in [1.54, 1.807) is 30.3 Å². The molecule has 4 rings (SSSR count). The molecule has 0 bridgehead atoms. The monoisotopic (exact) mass is 616 g/mol. The number of carbonyl (C=O) groups is 2. The molecule has 4 aromatic rings. The summed E-state index contributed by atoms with van der Waals surface area (Å²) in [4.78, 5) is 25.4. The van der Waals surface area contributed by atoms with Crippen molar-refractivity contribution < 1.29 is 22.4 Å². The van der Waals surface area contributed by atoms with Crippen LogP contribution in [-0.2, 0) is 21.4 Å². The molecule has 0 aliphatic heterocycles. The van der Waals surface area contributed by atoms with Gasteiger partial charge in [0.25, 0.3) is 0 Å². The van der Waals surface area contributed by atoms with E-state index < -0.39 is 27.8 Å². The highest BCUT2D eigenvalue weighted by Gasteiger charge is 2.31. The van der Waals surface area contributed by atoms with E-state index in [0.29, 0.717) is 40.9 Å². The zero-order valence-electron chi connectivity index (χ0n) is 22.3. The van der Waals surface area contributed by atoms with Gasteiger partial charge in [0.15, 0.2) is 5.76 Å². The summed E-state index contributed by atoms with van der Waals surface area (Å²) in [5.41, 5.74) is 20.4. The normalized spacial score (nSPS) is 12.6. The van der Waals surface area contributed by atoms with Crippen molar-refractivity contribution in [2.45, 2.75) is 31.8 Å². The van der Waals surface area contributed by atoms with Crippen LogP contribution in [0.15, 0.2) is 65.1 Å². The number of anilines is 1. The Kier molecular flexibility index (Phi) is 9.41. The minimum Gasteiger partial charge on any atom is -0.450 e. The SMILES string of the molecule is CS(=O)(=O)N(Cc1cccc(-c2ccc3c(N)c(C(=O)c4ccc(Cl)cc4Cl)oc3c2)c1)[C@H](CCCCN)C(N)=O. The van der Waals surface area contributed by atoms with Crippen molar-refractivity contribution in [3.05, 3.63) is 87.6 Å². The molecule has 0 saturated carbocycles. The van der Waals surface area contributed by atoms with Gasteiger partial charge in [-0.15, -0.1) is 0 Å². The number of ketones is 1. The number of fused-ring (bicyclic) bond motifs is 1. The molecule has 1 aromatic heterocycles. The maximum atomic E-state index is 13.1. The highest BCUT2D eigenvalue weighted by Crippen LogP contribution is 2.35. The van der Waals surface area contributed by atoms with Crippen LogP contribution in [0.5, 0.6) is 0 Å². The molecule has 0 fully saturated rings. The van der Waals surface area contributed by atoms with Crippen molar-refractivity contribution in [2.75, 3.05) is 18.5 Å². The Labute approximate surface area is 248 Å². The molecule has 1 amide bonds. The summed E-state index contributed by atoms with van der Waals surface area (Å²) in [6, 6.07) is 16.1. The van der Waals surface area contributed by atoms with Crippen molar-refractivity contribution in [1.29, 1.82) is 0 Å². The fraction of sp³-hybridized carbons (Fsp3) is 0.241. The molecule has 12 heteroatoms. The van der Waals surface area contributed by atoms with E-state index in [0.717, 1.165) is 21.7 Å². The number of halogens is 2. The number of hydrogen-bond acceptors (Lipinski definition) is 7. The Balaban J connectivity index is 1.65. The predicted molar refractivity (Wildman–Crippen MR) is 162 cm³/mol. The van der Waals surface area contributed by atoms with Crippen LogP contribution in [-0.4, -0.2) is 43.3 Å². The van der Waals surface area contributed by atoms with E-state index in [2.05, 4.69) is 0 Å². The molecule has 0 radical (unpaired) electrons. The van der Waals surface area contributed by atoms with Crippen LogP contribution in [0.4, 0.5) is 5.69 Å². The van der Waals surface area contributed by atoms with Crippen molar-refractivity contribution in [3.8, 4) is 11.1 Å². The lowest BCUT2D eigenvalue weighted by Crippen LogP contribution is -2.47. The van der Waals surface area contributed by atoms with Gasteiger partial charge in [-0.3, -0.25) is 9.59 Å². The summed E-state index contributed by atoms with van der Waals surface area (Å²) in [6.07, 6.45) is 2.55. The third kappa shape index (κ3) is 6.91. The average molecular weight is 618 g/mol. The molecular weight excluding hydrogens is 587 g/mol. The van der Waals surface area contributed by atoms with Crippen LogP contribution in [0.25, 0.3) is 22.1 Å². The van der Waals surface area contributed by atoms with Crippen LogP contribution in [0.2, 0.25) is 10.0 Å². The second-order valence-corrected chi connectivity index (χ2v) is 12.5. The third-order valence-electron chi connectivity index (χ3n) is 6.74. The van der Waals surface area contributed by atoms with E-state index in [1.165, 1.54) is 12.1 Å². The first-order valence-electron chi connectivity index (χ1n) is 12.8. The van der Waals surface area contributed by atoms with Crippen LogP contribution in [0.3, 0.4) is 0 Å². The second-order valence-electron chi connectivity index (χ2n) is 9.72. The standard InChI is InChI=1S/C29H30Cl2N4O5S/c1-41(38,39)35(24(29(34)37)7-2-3-12-32)16-17-5-4-6-18(13-17)19-8-10-22-25(14-19)40-28(26(22)33)27(36)21-11-9-20(30)15-23(21)31/h4-6,8-11,13-15,24H,2-3,7,12,16,32-33H2,1H3,(H2,34,37)/t24-/m1/s1. The summed E-state index contributed by atoms with van der Waals surface area (Å²) >= 11 is 12.2. The van der Waals surface area contributed by atoms with E-state index >= 15 is 0 Å². The number of nitrogens with two attached hydrogens (primary N) is 3. The topological polar surface area (TPSA) is 163 Å². The Hall–Kier alpha value is -3.41. The van der Waals surface area contributed by atoms with Crippen molar-refractivity contribution >= 4 is 61.6 Å². The summed E-state index contributed by atoms with van der Waals surface area (Å²) in [7, 11) is -3.77. The molecular formula is C29H30Cl2N4O5S. The number of benzene rings is 3. The van der Waals surface area contributed by atoms with E-state index in [4.69, 9.17) is 44.8 Å². The Morgan fingerprint density at radius 1 is 1.00 bits per heavy atom. The molecule has 0 aliphatic rings. The lowest BCUT2D eigenvalue weighted by atomic mass is 10.0. The molecule has 0 spiro atoms. The van der Waals surface area contributed by atoms with Gasteiger partial charge in [-0.25, -0.2) is 8.42 Å². The number of primary amides is 1. The average Bonchev–Trinajstić information content (AvgIpc) is 3.25. The van der Waals surface area contributed by atoms with Gasteiger partial charge in [-0.1, -0.05) is 53.9 Å². The molecule has 216 valence electrons. The number of furan rings is 1. The number of nitrogens with zero attached hydrogens (tertiary/aromatic N) is 1. The Morgan fingerprint density at radius 2 is 1.73 bits per heavy atom. The zero-order valence-corrected chi connectivity index (χ0v) is 24.6. The van der Waals surface area contributed by atoms with Crippen LogP contribution < -0.4 is 17.2 Å². The first-order chi connectivity index (χ1) is 19.4. The molecule has 3 aromatic carbocycles. The lowest BCUT2D eigenvalue weighted by Gasteiger charge is -2.27. The predicted octanol–water partition coefficient (Wildman–Crippen LogP) is 4.96. The van der Waals surface area contributed by atoms with Gasteiger partial charge in [0.05, 0.1) is 17.0 Å². The fourth-order valence-corrected chi connectivity index (χ4v) is 6.21. The minimum atomic E-state index is -3.77. The number of rotatable bonds is 12. The van der Waals surface area contributed by atoms with Gasteiger partial charge in [0.2, 0.25) is 21.7 Å². The molecule has 1 heterocycles. The van der Waals surface area contributed by atoms with Crippen molar-refractivity contribution in [3.63, 3.8) is 0 Å². The number of sulfonamides is 1. The van der Waals surface area contributed by atoms with Crippen LogP contribution in [0.1, 0.15) is 40.9 Å². The Bertz CT molecular complexity index is 1720. The molecule has 0 unspecified atom stereocenters. The molecule has 0 aliphatic carbocycles. The molecule has 9 nitrogen and oxygen atoms in total. The van der Waals surface area contributed by atoms with Gasteiger partial charge in [-0.2, -0.15) is 4.31 Å². The third-order valence-corrected chi connectivity index (χ3v) is 8.53. The molecule has 41 heavy (non-hydrogen) atoms. The molecule has 0 saturated heterocycles. The van der Waals surface area contributed by atoms with Gasteiger partial charge in [-0.05, 0) is 72.5 Å². The summed E-state index contributed by atoms with van der Waals surface area (Å²) in [5, 5.41) is 1.14. The largest absolute Gasteiger partial charge is 0.450 e. The number of unbranched alkanes of at least 4 members (excludes halogenated alkanes) is 1. The highest BCUT2D eigenvalue weighted by atomic mass is 35.5. The van der Waals surface area contributed by atoms with E-state index in [1.807, 2.05) is 18.2 Å². The maximum Gasteiger partial charge on any atom is 0.235 e. The summed E-state index contributed by atoms with van der Waals surface area (Å²) in [6.45, 7) is 0.391. The summed E-state index contributed by atoms with van der Waals surface area (Å²) in [5.74, 6) is -1.22. The lowest BCUT2D eigenvalue weighted by molar-refractivity contribution is -0.122. The van der Waals surface area contributed by atoms with Gasteiger partial charge in [0.1, 0.15) is 11.6 Å². The van der Waals surface area contributed by atoms with Crippen molar-refractivity contribution in [1.82, 2.24) is 4.31 Å². The maximum absolute atomic E-state index is 13.1. The van der Waals surface area contributed by atoms with E-state index in [9.17, 15) is 18.0 Å². The Morgan fingerprint density at radius 3 is 2.39 bits per heavy atom. The zero-order chi connectivity index (χ0) is 29.9. The van der Waals surface area contributed by atoms with Gasteiger partial charge in [0, 0.05) is 22.5 Å². The highest BCUT2D eigenvalue weighted by molar-refractivity contribution is 7.88. The van der Waals surface area contributed by atoms with Gasteiger partial charge < -0.3 is 21.6 Å². The number of carbonyl (C=O) groups excluding carboxylic acids is 2. The fourth-order valence-electron chi connectivity index (χ4n) is 4.66. The summed E-state index contributed by atoms with van der Waals surface area (Å²) < 4.78 is 32.4. The molecule has 1 atom stereocenters. The van der Waals surface area contributed by atoms with Crippen LogP contribution >= 0.6 is 23.2 Å². The van der Waals surface area contributed by atoms with Crippen molar-refractivity contribution in [2.24, 2.45) is 11.5 Å². The first kappa shape index (κ1) is 30.5.